The first-order valence-corrected chi connectivity index (χ1v) is 11.3. The van der Waals surface area contributed by atoms with Gasteiger partial charge in [-0.25, -0.2) is 13.4 Å². The first-order valence-electron chi connectivity index (χ1n) is 8.54. The van der Waals surface area contributed by atoms with E-state index < -0.39 is 10.0 Å². The summed E-state index contributed by atoms with van der Waals surface area (Å²) in [6, 6.07) is 13.1. The van der Waals surface area contributed by atoms with Crippen LogP contribution in [0.4, 0.5) is 5.69 Å². The summed E-state index contributed by atoms with van der Waals surface area (Å²) < 4.78 is 35.8. The molecule has 28 heavy (non-hydrogen) atoms. The number of aryl methyl sites for hydroxylation is 1. The number of ether oxygens (including phenoxy) is 2. The molecule has 0 amide bonds. The second-order valence-electron chi connectivity index (χ2n) is 6.33. The molecule has 0 bridgehead atoms. The van der Waals surface area contributed by atoms with Gasteiger partial charge in [0.25, 0.3) is 0 Å². The molecule has 0 aliphatic carbocycles. The lowest BCUT2D eigenvalue weighted by Gasteiger charge is -2.08. The van der Waals surface area contributed by atoms with E-state index in [0.29, 0.717) is 23.6 Å². The Morgan fingerprint density at radius 1 is 1.04 bits per heavy atom. The van der Waals surface area contributed by atoms with E-state index in [1.54, 1.807) is 37.7 Å². The van der Waals surface area contributed by atoms with E-state index in [1.165, 1.54) is 0 Å². The molecule has 0 saturated carbocycles. The molecule has 2 aromatic carbocycles. The van der Waals surface area contributed by atoms with Gasteiger partial charge in [0.15, 0.2) is 11.5 Å². The second kappa shape index (κ2) is 8.20. The van der Waals surface area contributed by atoms with Crippen molar-refractivity contribution in [2.45, 2.75) is 13.3 Å². The predicted octanol–water partition coefficient (Wildman–Crippen LogP) is 4.10. The zero-order valence-electron chi connectivity index (χ0n) is 16.1. The van der Waals surface area contributed by atoms with Crippen molar-refractivity contribution in [3.05, 3.63) is 57.9 Å². The molecule has 3 aromatic rings. The highest BCUT2D eigenvalue weighted by molar-refractivity contribution is 7.92. The molecule has 1 N–H and O–H groups in total. The first-order chi connectivity index (χ1) is 13.3. The van der Waals surface area contributed by atoms with Crippen molar-refractivity contribution in [3.8, 4) is 22.8 Å². The minimum Gasteiger partial charge on any atom is -0.493 e. The van der Waals surface area contributed by atoms with Crippen molar-refractivity contribution in [2.24, 2.45) is 0 Å². The Kier molecular flexibility index (Phi) is 5.90. The molecule has 0 spiro atoms. The molecule has 0 unspecified atom stereocenters. The third-order valence-corrected chi connectivity index (χ3v) is 5.68. The Balaban J connectivity index is 1.81. The number of rotatable bonds is 7. The summed E-state index contributed by atoms with van der Waals surface area (Å²) in [7, 11) is -0.0505. The zero-order chi connectivity index (χ0) is 20.3. The quantitative estimate of drug-likeness (QED) is 0.625. The van der Waals surface area contributed by atoms with Gasteiger partial charge in [-0.3, -0.25) is 4.72 Å². The van der Waals surface area contributed by atoms with Crippen LogP contribution in [0.2, 0.25) is 0 Å². The van der Waals surface area contributed by atoms with Gasteiger partial charge in [-0.15, -0.1) is 11.3 Å². The van der Waals surface area contributed by atoms with Crippen molar-refractivity contribution < 1.29 is 17.9 Å². The maximum absolute atomic E-state index is 11.3. The molecule has 148 valence electrons. The summed E-state index contributed by atoms with van der Waals surface area (Å²) >= 11 is 1.65. The van der Waals surface area contributed by atoms with Crippen molar-refractivity contribution in [2.75, 3.05) is 25.2 Å². The van der Waals surface area contributed by atoms with Crippen LogP contribution in [0.15, 0.2) is 42.5 Å². The third-order valence-electron chi connectivity index (χ3n) is 4.11. The van der Waals surface area contributed by atoms with Gasteiger partial charge in [0.1, 0.15) is 0 Å². The molecule has 1 aromatic heterocycles. The molecule has 0 atom stereocenters. The van der Waals surface area contributed by atoms with Crippen LogP contribution in [-0.4, -0.2) is 33.9 Å². The summed E-state index contributed by atoms with van der Waals surface area (Å²) in [6.45, 7) is 2.04. The highest BCUT2D eigenvalue weighted by Crippen LogP contribution is 2.32. The molecule has 0 radical (unpaired) electrons. The highest BCUT2D eigenvalue weighted by atomic mass is 32.2. The average molecular weight is 419 g/mol. The molecule has 8 heteroatoms. The number of sulfonamides is 1. The highest BCUT2D eigenvalue weighted by Gasteiger charge is 2.12. The average Bonchev–Trinajstić information content (AvgIpc) is 3.01. The minimum absolute atomic E-state index is 0.532. The van der Waals surface area contributed by atoms with E-state index in [-0.39, 0.29) is 0 Å². The smallest absolute Gasteiger partial charge is 0.229 e. The normalized spacial score (nSPS) is 11.3. The molecular weight excluding hydrogens is 396 g/mol. The fourth-order valence-corrected chi connectivity index (χ4v) is 4.42. The number of hydrogen-bond donors (Lipinski definition) is 1. The number of thiazole rings is 1. The molecule has 1 heterocycles. The zero-order valence-corrected chi connectivity index (χ0v) is 17.8. The largest absolute Gasteiger partial charge is 0.493 e. The fourth-order valence-electron chi connectivity index (χ4n) is 2.87. The van der Waals surface area contributed by atoms with Gasteiger partial charge in [-0.2, -0.15) is 0 Å². The fraction of sp³-hybridized carbons (Fsp3) is 0.250. The van der Waals surface area contributed by atoms with Crippen LogP contribution in [0, 0.1) is 6.92 Å². The van der Waals surface area contributed by atoms with Crippen molar-refractivity contribution in [1.29, 1.82) is 0 Å². The molecule has 0 aliphatic rings. The number of hydrogen-bond acceptors (Lipinski definition) is 6. The van der Waals surface area contributed by atoms with Crippen LogP contribution in [0.1, 0.15) is 15.4 Å². The van der Waals surface area contributed by atoms with Crippen LogP contribution < -0.4 is 14.2 Å². The molecular formula is C20H22N2O4S2. The molecule has 0 aliphatic heterocycles. The summed E-state index contributed by atoms with van der Waals surface area (Å²) in [4.78, 5) is 5.90. The summed E-state index contributed by atoms with van der Waals surface area (Å²) in [5.41, 5.74) is 3.48. The number of anilines is 1. The maximum atomic E-state index is 11.3. The van der Waals surface area contributed by atoms with E-state index in [0.717, 1.165) is 33.0 Å². The predicted molar refractivity (Wildman–Crippen MR) is 113 cm³/mol. The van der Waals surface area contributed by atoms with E-state index in [9.17, 15) is 8.42 Å². The lowest BCUT2D eigenvalue weighted by atomic mass is 10.1. The van der Waals surface area contributed by atoms with E-state index >= 15 is 0 Å². The number of benzene rings is 2. The summed E-state index contributed by atoms with van der Waals surface area (Å²) in [5.74, 6) is 1.40. The Labute approximate surface area is 169 Å². The first kappa shape index (κ1) is 20.2. The monoisotopic (exact) mass is 418 g/mol. The number of methoxy groups -OCH3 is 2. The van der Waals surface area contributed by atoms with E-state index in [4.69, 9.17) is 14.5 Å². The van der Waals surface area contributed by atoms with Gasteiger partial charge in [0, 0.05) is 22.5 Å². The lowest BCUT2D eigenvalue weighted by molar-refractivity contribution is 0.354. The Morgan fingerprint density at radius 2 is 1.71 bits per heavy atom. The Bertz CT molecular complexity index is 1070. The van der Waals surface area contributed by atoms with Gasteiger partial charge >= 0.3 is 0 Å². The summed E-state index contributed by atoms with van der Waals surface area (Å²) in [6.07, 6.45) is 1.82. The van der Waals surface area contributed by atoms with Crippen LogP contribution in [0.25, 0.3) is 11.3 Å². The van der Waals surface area contributed by atoms with Crippen molar-refractivity contribution in [1.82, 2.24) is 4.98 Å². The van der Waals surface area contributed by atoms with Gasteiger partial charge < -0.3 is 9.47 Å². The van der Waals surface area contributed by atoms with E-state index in [1.807, 2.05) is 37.3 Å². The van der Waals surface area contributed by atoms with Gasteiger partial charge in [0.05, 0.1) is 31.2 Å². The maximum Gasteiger partial charge on any atom is 0.229 e. The van der Waals surface area contributed by atoms with Crippen LogP contribution >= 0.6 is 11.3 Å². The molecule has 0 saturated heterocycles. The standard InChI is InChI=1S/C20H22N2O4S2/c1-13-20(15-6-8-16(9-7-15)22-28(4,23)24)21-19(27-13)12-14-5-10-17(25-2)18(11-14)26-3/h5-11,22H,12H2,1-4H3. The van der Waals surface area contributed by atoms with Crippen molar-refractivity contribution >= 4 is 27.0 Å². The topological polar surface area (TPSA) is 77.5 Å². The number of nitrogens with zero attached hydrogens (tertiary/aromatic N) is 1. The van der Waals surface area contributed by atoms with Crippen LogP contribution in [0.5, 0.6) is 11.5 Å². The van der Waals surface area contributed by atoms with Crippen LogP contribution in [0.3, 0.4) is 0 Å². The number of aromatic nitrogens is 1. The minimum atomic E-state index is -3.29. The lowest BCUT2D eigenvalue weighted by Crippen LogP contribution is -2.09. The third kappa shape index (κ3) is 4.82. The van der Waals surface area contributed by atoms with Gasteiger partial charge in [-0.1, -0.05) is 18.2 Å². The molecule has 6 nitrogen and oxygen atoms in total. The second-order valence-corrected chi connectivity index (χ2v) is 9.37. The number of nitrogens with one attached hydrogen (secondary N) is 1. The molecule has 3 rings (SSSR count). The summed E-state index contributed by atoms with van der Waals surface area (Å²) in [5, 5.41) is 0.998. The van der Waals surface area contributed by atoms with E-state index in [2.05, 4.69) is 4.72 Å². The van der Waals surface area contributed by atoms with Crippen LogP contribution in [-0.2, 0) is 16.4 Å². The van der Waals surface area contributed by atoms with Gasteiger partial charge in [-0.05, 0) is 36.8 Å². The molecule has 0 fully saturated rings. The Hall–Kier alpha value is -2.58. The van der Waals surface area contributed by atoms with Gasteiger partial charge in [0.2, 0.25) is 10.0 Å². The van der Waals surface area contributed by atoms with Crippen molar-refractivity contribution in [3.63, 3.8) is 0 Å². The SMILES string of the molecule is COc1ccc(Cc2nc(-c3ccc(NS(C)(=O)=O)cc3)c(C)s2)cc1OC. The Morgan fingerprint density at radius 3 is 2.32 bits per heavy atom.